The van der Waals surface area contributed by atoms with Crippen molar-refractivity contribution in [1.82, 2.24) is 10.2 Å². The Kier molecular flexibility index (Phi) is 5.39. The molecule has 2 heterocycles. The lowest BCUT2D eigenvalue weighted by Crippen LogP contribution is -2.44. The van der Waals surface area contributed by atoms with Gasteiger partial charge in [-0.1, -0.05) is 30.3 Å². The Labute approximate surface area is 159 Å². The molecule has 1 N–H and O–H groups in total. The largest absolute Gasteiger partial charge is 0.493 e. The number of amides is 1. The zero-order valence-corrected chi connectivity index (χ0v) is 15.4. The fourth-order valence-corrected chi connectivity index (χ4v) is 4.09. The first-order valence-corrected chi connectivity index (χ1v) is 9.68. The summed E-state index contributed by atoms with van der Waals surface area (Å²) < 4.78 is 19.1. The fraction of sp³-hybridized carbons (Fsp3) is 0.409. The van der Waals surface area contributed by atoms with Gasteiger partial charge in [0.2, 0.25) is 5.91 Å². The molecule has 2 aliphatic rings. The molecule has 2 atom stereocenters. The molecule has 2 aromatic carbocycles. The maximum absolute atomic E-state index is 13.4. The molecule has 0 bridgehead atoms. The van der Waals surface area contributed by atoms with Gasteiger partial charge in [-0.2, -0.15) is 0 Å². The molecule has 4 nitrogen and oxygen atoms in total. The Morgan fingerprint density at radius 2 is 2.07 bits per heavy atom. The van der Waals surface area contributed by atoms with Gasteiger partial charge in [-0.3, -0.25) is 9.69 Å². The van der Waals surface area contributed by atoms with Gasteiger partial charge < -0.3 is 10.1 Å². The Morgan fingerprint density at radius 3 is 2.96 bits per heavy atom. The molecule has 0 aliphatic carbocycles. The van der Waals surface area contributed by atoms with Gasteiger partial charge in [-0.15, -0.1) is 0 Å². The highest BCUT2D eigenvalue weighted by Crippen LogP contribution is 2.32. The van der Waals surface area contributed by atoms with E-state index < -0.39 is 0 Å². The van der Waals surface area contributed by atoms with E-state index in [4.69, 9.17) is 4.74 Å². The van der Waals surface area contributed by atoms with Gasteiger partial charge in [0.1, 0.15) is 11.6 Å². The zero-order valence-electron chi connectivity index (χ0n) is 15.4. The van der Waals surface area contributed by atoms with Crippen LogP contribution in [0.15, 0.2) is 48.5 Å². The molecule has 1 fully saturated rings. The van der Waals surface area contributed by atoms with E-state index in [1.807, 2.05) is 30.3 Å². The van der Waals surface area contributed by atoms with E-state index in [0.717, 1.165) is 42.7 Å². The second-order valence-electron chi connectivity index (χ2n) is 7.44. The summed E-state index contributed by atoms with van der Waals surface area (Å²) in [6, 6.07) is 14.6. The average Bonchev–Trinajstić information content (AvgIpc) is 2.68. The number of hydrogen-bond donors (Lipinski definition) is 1. The predicted octanol–water partition coefficient (Wildman–Crippen LogP) is 3.68. The number of rotatable bonds is 4. The van der Waals surface area contributed by atoms with Gasteiger partial charge in [0.25, 0.3) is 0 Å². The number of halogens is 1. The number of para-hydroxylation sites is 1. The van der Waals surface area contributed by atoms with Gasteiger partial charge in [-0.05, 0) is 43.1 Å². The Balaban J connectivity index is 1.38. The highest BCUT2D eigenvalue weighted by molar-refractivity contribution is 5.79. The van der Waals surface area contributed by atoms with Gasteiger partial charge in [0, 0.05) is 25.1 Å². The molecule has 4 rings (SSSR count). The van der Waals surface area contributed by atoms with Crippen LogP contribution in [0.2, 0.25) is 0 Å². The van der Waals surface area contributed by atoms with Crippen molar-refractivity contribution in [2.24, 2.45) is 5.92 Å². The van der Waals surface area contributed by atoms with E-state index in [-0.39, 0.29) is 23.7 Å². The van der Waals surface area contributed by atoms with E-state index in [0.29, 0.717) is 19.7 Å². The van der Waals surface area contributed by atoms with E-state index in [9.17, 15) is 9.18 Å². The topological polar surface area (TPSA) is 41.6 Å². The van der Waals surface area contributed by atoms with Crippen LogP contribution >= 0.6 is 0 Å². The summed E-state index contributed by atoms with van der Waals surface area (Å²) in [6.07, 6.45) is 2.68. The number of ether oxygens (including phenoxy) is 1. The van der Waals surface area contributed by atoms with Crippen molar-refractivity contribution in [2.45, 2.75) is 31.8 Å². The molecule has 1 amide bonds. The van der Waals surface area contributed by atoms with Gasteiger partial charge in [0.15, 0.2) is 0 Å². The average molecular weight is 368 g/mol. The molecular weight excluding hydrogens is 343 g/mol. The normalized spacial score (nSPS) is 22.6. The first kappa shape index (κ1) is 18.0. The summed E-state index contributed by atoms with van der Waals surface area (Å²) in [5.74, 6) is 0.741. The predicted molar refractivity (Wildman–Crippen MR) is 102 cm³/mol. The minimum Gasteiger partial charge on any atom is -0.493 e. The minimum absolute atomic E-state index is 0.0149. The van der Waals surface area contributed by atoms with Crippen molar-refractivity contribution in [2.75, 3.05) is 19.7 Å². The van der Waals surface area contributed by atoms with Crippen molar-refractivity contribution in [3.05, 3.63) is 65.5 Å². The SMILES string of the molecule is O=C(N[C@H]1CCOc2ccccc21)[C@@H]1CCCN(Cc2cccc(F)c2)C1. The van der Waals surface area contributed by atoms with Crippen LogP contribution in [-0.2, 0) is 11.3 Å². The van der Waals surface area contributed by atoms with E-state index in [2.05, 4.69) is 10.2 Å². The van der Waals surface area contributed by atoms with Crippen molar-refractivity contribution >= 4 is 5.91 Å². The van der Waals surface area contributed by atoms with Crippen molar-refractivity contribution in [1.29, 1.82) is 0 Å². The highest BCUT2D eigenvalue weighted by Gasteiger charge is 2.29. The number of nitrogens with zero attached hydrogens (tertiary/aromatic N) is 1. The molecule has 2 aromatic rings. The van der Waals surface area contributed by atoms with Crippen LogP contribution in [0.5, 0.6) is 5.75 Å². The number of carbonyl (C=O) groups is 1. The summed E-state index contributed by atoms with van der Waals surface area (Å²) in [5.41, 5.74) is 2.01. The van der Waals surface area contributed by atoms with Crippen molar-refractivity contribution in [3.63, 3.8) is 0 Å². The molecule has 0 radical (unpaired) electrons. The monoisotopic (exact) mass is 368 g/mol. The summed E-state index contributed by atoms with van der Waals surface area (Å²) >= 11 is 0. The van der Waals surface area contributed by atoms with Crippen LogP contribution in [-0.4, -0.2) is 30.5 Å². The third-order valence-corrected chi connectivity index (χ3v) is 5.45. The number of benzene rings is 2. The second kappa shape index (κ2) is 8.09. The van der Waals surface area contributed by atoms with E-state index in [1.54, 1.807) is 12.1 Å². The first-order valence-electron chi connectivity index (χ1n) is 9.68. The summed E-state index contributed by atoms with van der Waals surface area (Å²) in [5, 5.41) is 3.23. The van der Waals surface area contributed by atoms with Crippen LogP contribution in [0, 0.1) is 11.7 Å². The minimum atomic E-state index is -0.211. The molecule has 0 aromatic heterocycles. The summed E-state index contributed by atoms with van der Waals surface area (Å²) in [6.45, 7) is 2.97. The highest BCUT2D eigenvalue weighted by atomic mass is 19.1. The maximum atomic E-state index is 13.4. The molecule has 142 valence electrons. The van der Waals surface area contributed by atoms with Gasteiger partial charge >= 0.3 is 0 Å². The number of hydrogen-bond acceptors (Lipinski definition) is 3. The molecule has 27 heavy (non-hydrogen) atoms. The third kappa shape index (κ3) is 4.30. The summed E-state index contributed by atoms with van der Waals surface area (Å²) in [7, 11) is 0. The number of piperidine rings is 1. The van der Waals surface area contributed by atoms with E-state index >= 15 is 0 Å². The molecule has 0 saturated carbocycles. The molecule has 0 unspecified atom stereocenters. The number of fused-ring (bicyclic) bond motifs is 1. The van der Waals surface area contributed by atoms with Gasteiger partial charge in [-0.25, -0.2) is 4.39 Å². The van der Waals surface area contributed by atoms with Crippen LogP contribution in [0.3, 0.4) is 0 Å². The molecular formula is C22H25FN2O2. The number of carbonyl (C=O) groups excluding carboxylic acids is 1. The van der Waals surface area contributed by atoms with Crippen LogP contribution in [0.4, 0.5) is 4.39 Å². The Bertz CT molecular complexity index is 810. The standard InChI is InChI=1S/C22H25FN2O2/c23-18-7-3-5-16(13-18)14-25-11-4-6-17(15-25)22(26)24-20-10-12-27-21-9-2-1-8-19(20)21/h1-3,5,7-9,13,17,20H,4,6,10-12,14-15H2,(H,24,26)/t17-,20+/m1/s1. The quantitative estimate of drug-likeness (QED) is 0.895. The first-order chi connectivity index (χ1) is 13.2. The molecule has 1 saturated heterocycles. The Morgan fingerprint density at radius 1 is 1.19 bits per heavy atom. The van der Waals surface area contributed by atoms with Crippen molar-refractivity contribution < 1.29 is 13.9 Å². The molecule has 0 spiro atoms. The zero-order chi connectivity index (χ0) is 18.6. The number of nitrogens with one attached hydrogen (secondary N) is 1. The molecule has 2 aliphatic heterocycles. The van der Waals surface area contributed by atoms with Crippen LogP contribution in [0.25, 0.3) is 0 Å². The van der Waals surface area contributed by atoms with Crippen LogP contribution in [0.1, 0.15) is 36.4 Å². The van der Waals surface area contributed by atoms with E-state index in [1.165, 1.54) is 6.07 Å². The third-order valence-electron chi connectivity index (χ3n) is 5.45. The lowest BCUT2D eigenvalue weighted by atomic mass is 9.94. The second-order valence-corrected chi connectivity index (χ2v) is 7.44. The number of likely N-dealkylation sites (tertiary alicyclic amines) is 1. The molecule has 5 heteroatoms. The lowest BCUT2D eigenvalue weighted by Gasteiger charge is -2.34. The van der Waals surface area contributed by atoms with Crippen molar-refractivity contribution in [3.8, 4) is 5.75 Å². The fourth-order valence-electron chi connectivity index (χ4n) is 4.09. The Hall–Kier alpha value is -2.40. The lowest BCUT2D eigenvalue weighted by molar-refractivity contribution is -0.127. The smallest absolute Gasteiger partial charge is 0.224 e. The summed E-state index contributed by atoms with van der Waals surface area (Å²) in [4.78, 5) is 15.1. The maximum Gasteiger partial charge on any atom is 0.224 e. The van der Waals surface area contributed by atoms with Crippen LogP contribution < -0.4 is 10.1 Å². The van der Waals surface area contributed by atoms with Gasteiger partial charge in [0.05, 0.1) is 18.6 Å².